The molecule has 2 heterocycles. The largest absolute Gasteiger partial charge is 0.370 e. The van der Waals surface area contributed by atoms with Gasteiger partial charge in [-0.15, -0.1) is 0 Å². The predicted octanol–water partition coefficient (Wildman–Crippen LogP) is 3.34. The second-order valence-corrected chi connectivity index (χ2v) is 10.7. The van der Waals surface area contributed by atoms with Crippen LogP contribution in [-0.2, 0) is 9.84 Å². The van der Waals surface area contributed by atoms with E-state index >= 15 is 0 Å². The summed E-state index contributed by atoms with van der Waals surface area (Å²) in [5.74, 6) is 2.02. The molecule has 1 aliphatic heterocycles. The number of benzene rings is 1. The van der Waals surface area contributed by atoms with E-state index in [0.29, 0.717) is 17.4 Å². The van der Waals surface area contributed by atoms with E-state index in [9.17, 15) is 13.2 Å². The zero-order chi connectivity index (χ0) is 21.0. The normalized spacial score (nSPS) is 23.7. The van der Waals surface area contributed by atoms with Gasteiger partial charge in [0.2, 0.25) is 0 Å². The molecule has 1 aromatic carbocycles. The van der Waals surface area contributed by atoms with Crippen LogP contribution in [0.3, 0.4) is 0 Å². The molecular formula is C23H29N3O3S. The number of aromatic nitrogens is 1. The van der Waals surface area contributed by atoms with Crippen LogP contribution in [0.1, 0.15) is 47.5 Å². The van der Waals surface area contributed by atoms with E-state index in [-0.39, 0.29) is 30.5 Å². The van der Waals surface area contributed by atoms with E-state index in [1.165, 1.54) is 31.2 Å². The molecular weight excluding hydrogens is 398 g/mol. The minimum Gasteiger partial charge on any atom is -0.370 e. The highest BCUT2D eigenvalue weighted by molar-refractivity contribution is 7.91. The molecule has 1 amide bonds. The van der Waals surface area contributed by atoms with Gasteiger partial charge in [-0.2, -0.15) is 0 Å². The van der Waals surface area contributed by atoms with Gasteiger partial charge in [0.1, 0.15) is 5.82 Å². The fourth-order valence-electron chi connectivity index (χ4n) is 4.40. The van der Waals surface area contributed by atoms with Crippen LogP contribution in [-0.4, -0.2) is 55.3 Å². The van der Waals surface area contributed by atoms with E-state index < -0.39 is 9.84 Å². The van der Waals surface area contributed by atoms with E-state index in [1.807, 2.05) is 6.07 Å². The van der Waals surface area contributed by atoms with Crippen molar-refractivity contribution in [2.75, 3.05) is 36.5 Å². The molecule has 1 saturated heterocycles. The average molecular weight is 428 g/mol. The van der Waals surface area contributed by atoms with Crippen molar-refractivity contribution in [2.24, 2.45) is 5.92 Å². The highest BCUT2D eigenvalue weighted by Crippen LogP contribution is 2.35. The van der Waals surface area contributed by atoms with Crippen molar-refractivity contribution in [2.45, 2.75) is 31.6 Å². The summed E-state index contributed by atoms with van der Waals surface area (Å²) in [5.41, 5.74) is 1.96. The molecule has 1 aromatic heterocycles. The number of pyridine rings is 1. The molecule has 0 radical (unpaired) electrons. The van der Waals surface area contributed by atoms with Crippen molar-refractivity contribution in [1.82, 2.24) is 9.88 Å². The van der Waals surface area contributed by atoms with Gasteiger partial charge in [-0.25, -0.2) is 13.4 Å². The van der Waals surface area contributed by atoms with Crippen LogP contribution in [0, 0.1) is 5.92 Å². The zero-order valence-corrected chi connectivity index (χ0v) is 18.0. The number of carbonyl (C=O) groups excluding carboxylic acids is 1. The van der Waals surface area contributed by atoms with E-state index in [0.717, 1.165) is 12.4 Å². The first-order valence-electron chi connectivity index (χ1n) is 10.7. The minimum atomic E-state index is -3.00. The van der Waals surface area contributed by atoms with Crippen molar-refractivity contribution in [3.05, 3.63) is 59.8 Å². The molecule has 1 aliphatic carbocycles. The van der Waals surface area contributed by atoms with E-state index in [4.69, 9.17) is 0 Å². The Morgan fingerprint density at radius 1 is 1.00 bits per heavy atom. The number of hydrogen-bond donors (Lipinski definition) is 1. The maximum absolute atomic E-state index is 12.5. The van der Waals surface area contributed by atoms with Crippen molar-refractivity contribution >= 4 is 21.6 Å². The standard InChI is InChI=1S/C23H29N3O3S/c27-23(26-12-14-30(28,29)15-13-26)21-10-11-22(25-17-21)24-16-18-6-8-20(9-7-18)19-4-2-1-3-5-19/h1-5,10-11,17-18,20H,6-9,12-16H2,(H,24,25). The Labute approximate surface area is 178 Å². The smallest absolute Gasteiger partial charge is 0.255 e. The first-order chi connectivity index (χ1) is 14.5. The lowest BCUT2D eigenvalue weighted by Gasteiger charge is -2.29. The first-order valence-corrected chi connectivity index (χ1v) is 12.6. The van der Waals surface area contributed by atoms with Crippen molar-refractivity contribution < 1.29 is 13.2 Å². The lowest BCUT2D eigenvalue weighted by atomic mass is 9.79. The summed E-state index contributed by atoms with van der Waals surface area (Å²) in [6.45, 7) is 1.41. The fourth-order valence-corrected chi connectivity index (χ4v) is 5.60. The highest BCUT2D eigenvalue weighted by atomic mass is 32.2. The van der Waals surface area contributed by atoms with Gasteiger partial charge in [0, 0.05) is 25.8 Å². The summed E-state index contributed by atoms with van der Waals surface area (Å²) >= 11 is 0. The van der Waals surface area contributed by atoms with Gasteiger partial charge >= 0.3 is 0 Å². The summed E-state index contributed by atoms with van der Waals surface area (Å²) in [6.07, 6.45) is 6.45. The molecule has 30 heavy (non-hydrogen) atoms. The molecule has 0 spiro atoms. The summed E-state index contributed by atoms with van der Waals surface area (Å²) in [6, 6.07) is 14.4. The van der Waals surface area contributed by atoms with Gasteiger partial charge in [-0.3, -0.25) is 4.79 Å². The maximum Gasteiger partial charge on any atom is 0.255 e. The Balaban J connectivity index is 1.24. The van der Waals surface area contributed by atoms with E-state index in [2.05, 4.69) is 40.6 Å². The van der Waals surface area contributed by atoms with Gasteiger partial charge in [-0.05, 0) is 55.2 Å². The first kappa shape index (κ1) is 20.8. The van der Waals surface area contributed by atoms with Crippen LogP contribution >= 0.6 is 0 Å². The molecule has 2 aliphatic rings. The maximum atomic E-state index is 12.5. The number of nitrogens with one attached hydrogen (secondary N) is 1. The third kappa shape index (κ3) is 5.19. The second-order valence-electron chi connectivity index (χ2n) is 8.39. The van der Waals surface area contributed by atoms with Crippen LogP contribution in [0.25, 0.3) is 0 Å². The monoisotopic (exact) mass is 427 g/mol. The number of anilines is 1. The van der Waals surface area contributed by atoms with Crippen LogP contribution in [0.4, 0.5) is 5.82 Å². The Morgan fingerprint density at radius 2 is 1.70 bits per heavy atom. The topological polar surface area (TPSA) is 79.4 Å². The number of sulfone groups is 1. The third-order valence-electron chi connectivity index (χ3n) is 6.33. The zero-order valence-electron chi connectivity index (χ0n) is 17.2. The van der Waals surface area contributed by atoms with Gasteiger partial charge < -0.3 is 10.2 Å². The van der Waals surface area contributed by atoms with Crippen molar-refractivity contribution in [3.8, 4) is 0 Å². The average Bonchev–Trinajstić information content (AvgIpc) is 2.78. The number of rotatable bonds is 5. The molecule has 0 bridgehead atoms. The molecule has 2 aromatic rings. The molecule has 160 valence electrons. The lowest BCUT2D eigenvalue weighted by molar-refractivity contribution is 0.0770. The Hall–Kier alpha value is -2.41. The number of nitrogens with zero attached hydrogens (tertiary/aromatic N) is 2. The fraction of sp³-hybridized carbons (Fsp3) is 0.478. The SMILES string of the molecule is O=C(c1ccc(NCC2CCC(c3ccccc3)CC2)nc1)N1CCS(=O)(=O)CC1. The molecule has 1 N–H and O–H groups in total. The molecule has 6 nitrogen and oxygen atoms in total. The summed E-state index contributed by atoms with van der Waals surface area (Å²) in [5, 5.41) is 3.41. The molecule has 2 fully saturated rings. The summed E-state index contributed by atoms with van der Waals surface area (Å²) in [7, 11) is -3.00. The molecule has 1 saturated carbocycles. The van der Waals surface area contributed by atoms with Crippen molar-refractivity contribution in [1.29, 1.82) is 0 Å². The lowest BCUT2D eigenvalue weighted by Crippen LogP contribution is -2.43. The molecule has 0 atom stereocenters. The third-order valence-corrected chi connectivity index (χ3v) is 7.94. The highest BCUT2D eigenvalue weighted by Gasteiger charge is 2.26. The summed E-state index contributed by atoms with van der Waals surface area (Å²) < 4.78 is 23.1. The van der Waals surface area contributed by atoms with Crippen LogP contribution in [0.2, 0.25) is 0 Å². The Bertz CT molecular complexity index is 939. The van der Waals surface area contributed by atoms with Gasteiger partial charge in [0.05, 0.1) is 17.1 Å². The van der Waals surface area contributed by atoms with Gasteiger partial charge in [0.25, 0.3) is 5.91 Å². The molecule has 0 unspecified atom stereocenters. The summed E-state index contributed by atoms with van der Waals surface area (Å²) in [4.78, 5) is 18.5. The number of amides is 1. The van der Waals surface area contributed by atoms with Crippen LogP contribution < -0.4 is 5.32 Å². The molecule has 7 heteroatoms. The van der Waals surface area contributed by atoms with Crippen LogP contribution in [0.15, 0.2) is 48.7 Å². The van der Waals surface area contributed by atoms with E-state index in [1.54, 1.807) is 17.2 Å². The van der Waals surface area contributed by atoms with Crippen LogP contribution in [0.5, 0.6) is 0 Å². The van der Waals surface area contributed by atoms with Gasteiger partial charge in [0.15, 0.2) is 9.84 Å². The minimum absolute atomic E-state index is 0.0400. The Kier molecular flexibility index (Phi) is 6.37. The quantitative estimate of drug-likeness (QED) is 0.792. The number of carbonyl (C=O) groups is 1. The Morgan fingerprint density at radius 3 is 2.33 bits per heavy atom. The second kappa shape index (κ2) is 9.16. The molecule has 4 rings (SSSR count). The van der Waals surface area contributed by atoms with Gasteiger partial charge in [-0.1, -0.05) is 30.3 Å². The van der Waals surface area contributed by atoms with Crippen molar-refractivity contribution in [3.63, 3.8) is 0 Å². The number of hydrogen-bond acceptors (Lipinski definition) is 5. The predicted molar refractivity (Wildman–Crippen MR) is 118 cm³/mol.